The van der Waals surface area contributed by atoms with Crippen LogP contribution in [-0.4, -0.2) is 32.6 Å². The van der Waals surface area contributed by atoms with Gasteiger partial charge in [0.15, 0.2) is 17.3 Å². The molecule has 0 radical (unpaired) electrons. The molecule has 5 rings (SSSR count). The van der Waals surface area contributed by atoms with E-state index in [-0.39, 0.29) is 22.8 Å². The number of fused-ring (bicyclic) bond motifs is 1. The van der Waals surface area contributed by atoms with Crippen LogP contribution in [-0.2, 0) is 0 Å². The molecule has 12 heteroatoms. The number of pyridine rings is 2. The summed E-state index contributed by atoms with van der Waals surface area (Å²) < 4.78 is 46.2. The lowest BCUT2D eigenvalue weighted by Crippen LogP contribution is -2.40. The Balaban J connectivity index is 1.93. The maximum absolute atomic E-state index is 16.0. The summed E-state index contributed by atoms with van der Waals surface area (Å²) in [6.45, 7) is 11.1. The van der Waals surface area contributed by atoms with Crippen molar-refractivity contribution in [3.63, 3.8) is 0 Å². The number of aryl methyl sites for hydroxylation is 1. The minimum absolute atomic E-state index is 0.0377. The average molecular weight is 605 g/mol. The number of halogens is 5. The summed E-state index contributed by atoms with van der Waals surface area (Å²) in [5, 5.41) is -1.02. The van der Waals surface area contributed by atoms with Gasteiger partial charge in [0.05, 0.1) is 32.5 Å². The van der Waals surface area contributed by atoms with Gasteiger partial charge in [-0.15, -0.1) is 0 Å². The maximum Gasteiger partial charge on any atom is 0.355 e. The van der Waals surface area contributed by atoms with Crippen molar-refractivity contribution in [1.29, 1.82) is 0 Å². The topological polar surface area (TPSA) is 89.9 Å². The number of nitrogens with two attached hydrogens (primary N) is 1. The fourth-order valence-electron chi connectivity index (χ4n) is 5.70. The average Bonchev–Trinajstić information content (AvgIpc) is 2.91. The Morgan fingerprint density at radius 2 is 1.71 bits per heavy atom. The highest BCUT2D eigenvalue weighted by molar-refractivity contribution is 6.41. The van der Waals surface area contributed by atoms with Crippen LogP contribution in [0.3, 0.4) is 0 Å². The van der Waals surface area contributed by atoms with Gasteiger partial charge in [0.2, 0.25) is 0 Å². The van der Waals surface area contributed by atoms with E-state index in [0.29, 0.717) is 41.9 Å². The van der Waals surface area contributed by atoms with E-state index >= 15 is 4.39 Å². The number of anilines is 2. The Hall–Kier alpha value is -3.37. The number of hydrogen-bond acceptors (Lipinski definition) is 6. The summed E-state index contributed by atoms with van der Waals surface area (Å²) in [6.07, 6.45) is 2.64. The van der Waals surface area contributed by atoms with Crippen molar-refractivity contribution in [2.24, 2.45) is 11.8 Å². The van der Waals surface area contributed by atoms with Gasteiger partial charge >= 0.3 is 5.69 Å². The van der Waals surface area contributed by atoms with E-state index in [1.54, 1.807) is 12.3 Å². The van der Waals surface area contributed by atoms with E-state index in [2.05, 4.69) is 28.8 Å². The molecule has 1 fully saturated rings. The predicted octanol–water partition coefficient (Wildman–Crippen LogP) is 7.06. The van der Waals surface area contributed by atoms with Crippen molar-refractivity contribution in [2.75, 3.05) is 23.7 Å². The number of nitrogen functional groups attached to an aromatic ring is 1. The minimum atomic E-state index is -1.49. The van der Waals surface area contributed by atoms with Gasteiger partial charge in [-0.2, -0.15) is 4.98 Å². The Bertz CT molecular complexity index is 1720. The largest absolute Gasteiger partial charge is 0.395 e. The number of rotatable bonds is 4. The summed E-state index contributed by atoms with van der Waals surface area (Å²) in [4.78, 5) is 29.3. The normalized spacial score (nSPS) is 17.6. The van der Waals surface area contributed by atoms with Crippen LogP contribution in [0.25, 0.3) is 28.0 Å². The third-order valence-corrected chi connectivity index (χ3v) is 8.18. The maximum atomic E-state index is 16.0. The third-order valence-electron chi connectivity index (χ3n) is 7.43. The van der Waals surface area contributed by atoms with Gasteiger partial charge in [-0.1, -0.05) is 50.9 Å². The van der Waals surface area contributed by atoms with Crippen LogP contribution in [0, 0.1) is 36.2 Å². The van der Waals surface area contributed by atoms with Crippen LogP contribution >= 0.6 is 23.2 Å². The van der Waals surface area contributed by atoms with Crippen LogP contribution in [0.2, 0.25) is 10.0 Å². The van der Waals surface area contributed by atoms with Crippen molar-refractivity contribution in [3.8, 4) is 16.9 Å². The van der Waals surface area contributed by atoms with Crippen molar-refractivity contribution in [2.45, 2.75) is 47.0 Å². The molecule has 0 spiro atoms. The summed E-state index contributed by atoms with van der Waals surface area (Å²) in [5.41, 5.74) is 5.18. The van der Waals surface area contributed by atoms with Gasteiger partial charge in [-0.25, -0.2) is 27.5 Å². The number of piperidine rings is 1. The number of hydrogen-bond donors (Lipinski definition) is 1. The SMILES string of the molecule is Cc1ccnc(C(C)C)c1-n1c(=O)nc(N2C[C@H](C)C[C@H](C)C2)c2cc(F)c(-c3c(Cl)c(N)c(F)c(F)c3Cl)nc21. The molecule has 0 saturated carbocycles. The molecule has 0 amide bonds. The lowest BCUT2D eigenvalue weighted by atomic mass is 9.92. The van der Waals surface area contributed by atoms with Gasteiger partial charge in [-0.3, -0.25) is 4.98 Å². The van der Waals surface area contributed by atoms with E-state index < -0.39 is 50.1 Å². The molecule has 2 atom stereocenters. The standard InChI is InChI=1S/C29H29Cl2F3N6O/c1-12(2)24-26(15(5)6-7-36-24)40-28-16(27(38-29(40)41)39-10-13(3)8-14(4)11-39)9-17(32)25(37-28)18-19(30)21(33)22(34)23(35)20(18)31/h6-7,9,12-14H,8,10-11,35H2,1-5H3/t13-,14+. The highest BCUT2D eigenvalue weighted by Crippen LogP contribution is 2.43. The van der Waals surface area contributed by atoms with Crippen LogP contribution in [0.5, 0.6) is 0 Å². The molecule has 1 aliphatic rings. The molecule has 2 N–H and O–H groups in total. The molecule has 7 nitrogen and oxygen atoms in total. The highest BCUT2D eigenvalue weighted by atomic mass is 35.5. The summed E-state index contributed by atoms with van der Waals surface area (Å²) in [7, 11) is 0. The van der Waals surface area contributed by atoms with Crippen LogP contribution in [0.4, 0.5) is 24.7 Å². The van der Waals surface area contributed by atoms with E-state index in [4.69, 9.17) is 28.9 Å². The zero-order chi connectivity index (χ0) is 29.9. The monoisotopic (exact) mass is 604 g/mol. The fourth-order valence-corrected chi connectivity index (χ4v) is 6.29. The molecule has 0 unspecified atom stereocenters. The van der Waals surface area contributed by atoms with E-state index in [1.165, 1.54) is 10.6 Å². The van der Waals surface area contributed by atoms with E-state index in [1.807, 2.05) is 25.7 Å². The number of aromatic nitrogens is 4. The second kappa shape index (κ2) is 10.8. The van der Waals surface area contributed by atoms with Gasteiger partial charge < -0.3 is 10.6 Å². The minimum Gasteiger partial charge on any atom is -0.395 e. The van der Waals surface area contributed by atoms with Gasteiger partial charge in [-0.05, 0) is 48.8 Å². The summed E-state index contributed by atoms with van der Waals surface area (Å²) in [5.74, 6) is -3.05. The van der Waals surface area contributed by atoms with E-state index in [0.717, 1.165) is 6.42 Å². The third kappa shape index (κ3) is 4.91. The Kier molecular flexibility index (Phi) is 7.67. The smallest absolute Gasteiger partial charge is 0.355 e. The highest BCUT2D eigenvalue weighted by Gasteiger charge is 2.30. The molecule has 0 aliphatic carbocycles. The first-order chi connectivity index (χ1) is 19.3. The van der Waals surface area contributed by atoms with Crippen molar-refractivity contribution < 1.29 is 13.2 Å². The predicted molar refractivity (Wildman–Crippen MR) is 157 cm³/mol. The first kappa shape index (κ1) is 29.1. The zero-order valence-electron chi connectivity index (χ0n) is 23.2. The molecule has 4 heterocycles. The fraction of sp³-hybridized carbons (Fsp3) is 0.379. The van der Waals surface area contributed by atoms with Crippen molar-refractivity contribution in [3.05, 3.63) is 67.6 Å². The van der Waals surface area contributed by atoms with Gasteiger partial charge in [0.25, 0.3) is 0 Å². The molecule has 4 aromatic rings. The molecule has 41 heavy (non-hydrogen) atoms. The molecule has 0 bridgehead atoms. The lowest BCUT2D eigenvalue weighted by molar-refractivity contribution is 0.355. The number of nitrogens with zero attached hydrogens (tertiary/aromatic N) is 5. The summed E-state index contributed by atoms with van der Waals surface area (Å²) in [6, 6.07) is 2.92. The summed E-state index contributed by atoms with van der Waals surface area (Å²) >= 11 is 12.4. The lowest BCUT2D eigenvalue weighted by Gasteiger charge is -2.36. The Labute approximate surface area is 245 Å². The quantitative estimate of drug-likeness (QED) is 0.152. The van der Waals surface area contributed by atoms with Crippen LogP contribution in [0.15, 0.2) is 23.1 Å². The molecule has 1 aliphatic heterocycles. The molecule has 216 valence electrons. The first-order valence-corrected chi connectivity index (χ1v) is 14.0. The second-order valence-corrected chi connectivity index (χ2v) is 11.9. The van der Waals surface area contributed by atoms with Crippen LogP contribution < -0.4 is 16.3 Å². The Morgan fingerprint density at radius 1 is 1.05 bits per heavy atom. The molecule has 3 aromatic heterocycles. The Morgan fingerprint density at radius 3 is 2.34 bits per heavy atom. The van der Waals surface area contributed by atoms with Crippen molar-refractivity contribution in [1.82, 2.24) is 19.5 Å². The zero-order valence-corrected chi connectivity index (χ0v) is 24.7. The van der Waals surface area contributed by atoms with Gasteiger partial charge in [0.1, 0.15) is 17.3 Å². The molecular weight excluding hydrogens is 576 g/mol. The first-order valence-electron chi connectivity index (χ1n) is 13.3. The number of benzene rings is 1. The molecule has 1 saturated heterocycles. The molecular formula is C29H29Cl2F3N6O. The van der Waals surface area contributed by atoms with Crippen molar-refractivity contribution >= 4 is 45.7 Å². The second-order valence-electron chi connectivity index (χ2n) is 11.2. The van der Waals surface area contributed by atoms with Gasteiger partial charge in [0, 0.05) is 24.8 Å². The van der Waals surface area contributed by atoms with Crippen LogP contribution in [0.1, 0.15) is 51.3 Å². The van der Waals surface area contributed by atoms with E-state index in [9.17, 15) is 13.6 Å². The molecule has 1 aromatic carbocycles.